The van der Waals surface area contributed by atoms with Crippen molar-refractivity contribution in [3.63, 3.8) is 0 Å². The molecule has 0 bridgehead atoms. The smallest absolute Gasteiger partial charge is 0.250 e. The molecule has 0 aliphatic carbocycles. The fourth-order valence-electron chi connectivity index (χ4n) is 1.55. The van der Waals surface area contributed by atoms with Crippen molar-refractivity contribution >= 4 is 22.4 Å². The van der Waals surface area contributed by atoms with Crippen molar-refractivity contribution in [1.82, 2.24) is 10.2 Å². The molecule has 0 aliphatic rings. The lowest BCUT2D eigenvalue weighted by Crippen LogP contribution is -2.07. The molecule has 0 aliphatic heterocycles. The largest absolute Gasteiger partial charge is 0.297 e. The van der Waals surface area contributed by atoms with Gasteiger partial charge in [0.15, 0.2) is 0 Å². The second-order valence-corrected chi connectivity index (χ2v) is 5.44. The molecule has 2 aromatic rings. The number of anilines is 1. The van der Waals surface area contributed by atoms with Crippen molar-refractivity contribution in [1.29, 1.82) is 0 Å². The van der Waals surface area contributed by atoms with Gasteiger partial charge in [0.1, 0.15) is 5.01 Å². The van der Waals surface area contributed by atoms with Gasteiger partial charge >= 0.3 is 0 Å². The third-order valence-corrected chi connectivity index (χ3v) is 3.15. The van der Waals surface area contributed by atoms with Crippen LogP contribution in [0.25, 0.3) is 0 Å². The number of aromatic nitrogens is 2. The monoisotopic (exact) mass is 273 g/mol. The summed E-state index contributed by atoms with van der Waals surface area (Å²) in [5.74, 6) is -0.164. The molecule has 19 heavy (non-hydrogen) atoms. The van der Waals surface area contributed by atoms with Gasteiger partial charge in [0.25, 0.3) is 0 Å². The molecule has 1 heterocycles. The van der Waals surface area contributed by atoms with Crippen LogP contribution in [0.1, 0.15) is 24.4 Å². The predicted octanol–water partition coefficient (Wildman–Crippen LogP) is 3.03. The van der Waals surface area contributed by atoms with Crippen LogP contribution < -0.4 is 5.32 Å². The Morgan fingerprint density at radius 3 is 2.68 bits per heavy atom. The van der Waals surface area contributed by atoms with E-state index in [9.17, 15) is 4.79 Å². The second-order valence-electron chi connectivity index (χ2n) is 4.37. The Labute approximate surface area is 116 Å². The first kappa shape index (κ1) is 13.4. The summed E-state index contributed by atoms with van der Waals surface area (Å²) in [5.41, 5.74) is 2.13. The lowest BCUT2D eigenvalue weighted by atomic mass is 10.2. The van der Waals surface area contributed by atoms with Crippen LogP contribution in [-0.2, 0) is 11.2 Å². The highest BCUT2D eigenvalue weighted by molar-refractivity contribution is 7.15. The van der Waals surface area contributed by atoms with E-state index in [1.807, 2.05) is 44.2 Å². The van der Waals surface area contributed by atoms with E-state index in [1.165, 1.54) is 23.0 Å². The molecule has 2 rings (SSSR count). The first-order valence-corrected chi connectivity index (χ1v) is 6.77. The molecule has 5 heteroatoms. The van der Waals surface area contributed by atoms with Gasteiger partial charge in [-0.25, -0.2) is 0 Å². The van der Waals surface area contributed by atoms with Crippen molar-refractivity contribution in [3.05, 3.63) is 52.6 Å². The Hall–Kier alpha value is -2.01. The zero-order valence-electron chi connectivity index (χ0n) is 10.9. The molecule has 4 nitrogen and oxygen atoms in total. The Morgan fingerprint density at radius 1 is 1.26 bits per heavy atom. The fraction of sp³-hybridized carbons (Fsp3) is 0.214. The van der Waals surface area contributed by atoms with Crippen LogP contribution in [0.5, 0.6) is 0 Å². The van der Waals surface area contributed by atoms with Crippen LogP contribution in [0.3, 0.4) is 0 Å². The number of hydrogen-bond donors (Lipinski definition) is 1. The van der Waals surface area contributed by atoms with Gasteiger partial charge in [-0.3, -0.25) is 10.1 Å². The van der Waals surface area contributed by atoms with Crippen LogP contribution >= 0.6 is 11.3 Å². The third-order valence-electron chi connectivity index (χ3n) is 2.31. The van der Waals surface area contributed by atoms with Crippen LogP contribution in [0.4, 0.5) is 5.13 Å². The average Bonchev–Trinajstić information content (AvgIpc) is 2.76. The minimum atomic E-state index is -0.164. The molecule has 1 amide bonds. The number of hydrogen-bond acceptors (Lipinski definition) is 4. The van der Waals surface area contributed by atoms with Gasteiger partial charge in [-0.05, 0) is 19.4 Å². The van der Waals surface area contributed by atoms with Crippen molar-refractivity contribution in [3.8, 4) is 0 Å². The Bertz CT molecular complexity index is 586. The summed E-state index contributed by atoms with van der Waals surface area (Å²) in [6.07, 6.45) is 2.27. The molecular weight excluding hydrogens is 258 g/mol. The third kappa shape index (κ3) is 4.30. The van der Waals surface area contributed by atoms with Crippen LogP contribution in [0.15, 0.2) is 42.0 Å². The van der Waals surface area contributed by atoms with Crippen molar-refractivity contribution in [2.45, 2.75) is 20.3 Å². The van der Waals surface area contributed by atoms with E-state index in [0.717, 1.165) is 17.0 Å². The van der Waals surface area contributed by atoms with E-state index in [1.54, 1.807) is 0 Å². The van der Waals surface area contributed by atoms with Crippen LogP contribution in [0, 0.1) is 0 Å². The SMILES string of the molecule is CC(C)=CC(=O)Nc1nnc(Cc2ccccc2)s1. The minimum absolute atomic E-state index is 0.164. The molecular formula is C14H15N3OS. The zero-order valence-corrected chi connectivity index (χ0v) is 11.7. The highest BCUT2D eigenvalue weighted by atomic mass is 32.1. The number of amides is 1. The summed E-state index contributed by atoms with van der Waals surface area (Å²) in [7, 11) is 0. The fourth-order valence-corrected chi connectivity index (χ4v) is 2.33. The molecule has 0 spiro atoms. The number of carbonyl (C=O) groups is 1. The van der Waals surface area contributed by atoms with Crippen LogP contribution in [-0.4, -0.2) is 16.1 Å². The maximum absolute atomic E-state index is 11.5. The van der Waals surface area contributed by atoms with Gasteiger partial charge in [0.05, 0.1) is 0 Å². The standard InChI is InChI=1S/C14H15N3OS/c1-10(2)8-12(18)15-14-17-16-13(19-14)9-11-6-4-3-5-7-11/h3-8H,9H2,1-2H3,(H,15,17,18). The molecule has 1 aromatic carbocycles. The first-order valence-electron chi connectivity index (χ1n) is 5.95. The van der Waals surface area contributed by atoms with E-state index >= 15 is 0 Å². The van der Waals surface area contributed by atoms with Crippen molar-refractivity contribution in [2.75, 3.05) is 5.32 Å². The number of carbonyl (C=O) groups excluding carboxylic acids is 1. The van der Waals surface area contributed by atoms with Crippen molar-refractivity contribution < 1.29 is 4.79 Å². The zero-order chi connectivity index (χ0) is 13.7. The predicted molar refractivity (Wildman–Crippen MR) is 77.2 cm³/mol. The highest BCUT2D eigenvalue weighted by Crippen LogP contribution is 2.18. The van der Waals surface area contributed by atoms with Gasteiger partial charge in [-0.15, -0.1) is 10.2 Å². The van der Waals surface area contributed by atoms with Gasteiger partial charge in [-0.2, -0.15) is 0 Å². The normalized spacial score (nSPS) is 10.0. The van der Waals surface area contributed by atoms with E-state index < -0.39 is 0 Å². The number of allylic oxidation sites excluding steroid dienone is 1. The number of nitrogens with zero attached hydrogens (tertiary/aromatic N) is 2. The van der Waals surface area contributed by atoms with E-state index in [4.69, 9.17) is 0 Å². The average molecular weight is 273 g/mol. The van der Waals surface area contributed by atoms with E-state index in [-0.39, 0.29) is 5.91 Å². The summed E-state index contributed by atoms with van der Waals surface area (Å²) in [6.45, 7) is 3.75. The lowest BCUT2D eigenvalue weighted by Gasteiger charge is -1.96. The maximum Gasteiger partial charge on any atom is 0.250 e. The summed E-state index contributed by atoms with van der Waals surface area (Å²) in [5, 5.41) is 12.2. The van der Waals surface area contributed by atoms with E-state index in [0.29, 0.717) is 5.13 Å². The van der Waals surface area contributed by atoms with Gasteiger partial charge in [-0.1, -0.05) is 47.2 Å². The first-order chi connectivity index (χ1) is 9.13. The number of benzene rings is 1. The lowest BCUT2D eigenvalue weighted by molar-refractivity contribution is -0.111. The van der Waals surface area contributed by atoms with E-state index in [2.05, 4.69) is 15.5 Å². The van der Waals surface area contributed by atoms with Gasteiger partial charge in [0, 0.05) is 12.5 Å². The quantitative estimate of drug-likeness (QED) is 0.871. The van der Waals surface area contributed by atoms with Gasteiger partial charge < -0.3 is 0 Å². The second kappa shape index (κ2) is 6.24. The summed E-state index contributed by atoms with van der Waals surface area (Å²) in [4.78, 5) is 11.5. The summed E-state index contributed by atoms with van der Waals surface area (Å²) in [6, 6.07) is 10.1. The molecule has 0 saturated carbocycles. The molecule has 0 radical (unpaired) electrons. The molecule has 1 N–H and O–H groups in total. The molecule has 98 valence electrons. The number of nitrogens with one attached hydrogen (secondary N) is 1. The molecule has 0 atom stereocenters. The Balaban J connectivity index is 2.00. The Morgan fingerprint density at radius 2 is 2.00 bits per heavy atom. The summed E-state index contributed by atoms with van der Waals surface area (Å²) < 4.78 is 0. The van der Waals surface area contributed by atoms with Crippen LogP contribution in [0.2, 0.25) is 0 Å². The topological polar surface area (TPSA) is 54.9 Å². The van der Waals surface area contributed by atoms with Gasteiger partial charge in [0.2, 0.25) is 11.0 Å². The number of rotatable bonds is 4. The minimum Gasteiger partial charge on any atom is -0.297 e. The maximum atomic E-state index is 11.5. The molecule has 1 aromatic heterocycles. The summed E-state index contributed by atoms with van der Waals surface area (Å²) >= 11 is 1.40. The molecule has 0 unspecified atom stereocenters. The highest BCUT2D eigenvalue weighted by Gasteiger charge is 2.07. The van der Waals surface area contributed by atoms with Crippen molar-refractivity contribution in [2.24, 2.45) is 0 Å². The Kier molecular flexibility index (Phi) is 4.41. The molecule has 0 fully saturated rings. The molecule has 0 saturated heterocycles.